The number of aliphatic carboxylic acids is 1. The predicted molar refractivity (Wildman–Crippen MR) is 53.6 cm³/mol. The zero-order chi connectivity index (χ0) is 10.8. The van der Waals surface area contributed by atoms with E-state index >= 15 is 0 Å². The molecule has 1 aromatic rings. The maximum absolute atomic E-state index is 10.8. The highest BCUT2D eigenvalue weighted by atomic mass is 16.4. The highest BCUT2D eigenvalue weighted by Gasteiger charge is 2.28. The highest BCUT2D eigenvalue weighted by molar-refractivity contribution is 5.70. The first-order valence-corrected chi connectivity index (χ1v) is 5.31. The number of nitrogens with zero attached hydrogens (tertiary/aromatic N) is 1. The lowest BCUT2D eigenvalue weighted by molar-refractivity contribution is -0.142. The number of rotatable bonds is 2. The maximum atomic E-state index is 10.8. The van der Waals surface area contributed by atoms with Crippen molar-refractivity contribution in [1.29, 1.82) is 0 Å². The van der Waals surface area contributed by atoms with E-state index in [9.17, 15) is 4.79 Å². The number of aryl methyl sites for hydroxylation is 1. The minimum atomic E-state index is -0.669. The Labute approximate surface area is 88.3 Å². The smallest absolute Gasteiger partial charge is 0.306 e. The molecule has 0 saturated heterocycles. The van der Waals surface area contributed by atoms with Crippen LogP contribution in [0.25, 0.3) is 0 Å². The Balaban J connectivity index is 1.96. The van der Waals surface area contributed by atoms with E-state index in [0.717, 1.165) is 37.3 Å². The molecule has 1 aliphatic carbocycles. The molecule has 1 aliphatic rings. The molecule has 1 N–H and O–H groups in total. The summed E-state index contributed by atoms with van der Waals surface area (Å²) in [7, 11) is 0. The molecule has 82 valence electrons. The molecule has 0 unspecified atom stereocenters. The van der Waals surface area contributed by atoms with E-state index in [4.69, 9.17) is 9.52 Å². The van der Waals surface area contributed by atoms with Crippen LogP contribution in [0.4, 0.5) is 0 Å². The van der Waals surface area contributed by atoms with Crippen LogP contribution in [-0.4, -0.2) is 16.1 Å². The lowest BCUT2D eigenvalue weighted by Gasteiger charge is -2.23. The third-order valence-corrected chi connectivity index (χ3v) is 3.06. The minimum Gasteiger partial charge on any atom is -0.481 e. The van der Waals surface area contributed by atoms with E-state index in [-0.39, 0.29) is 5.92 Å². The van der Waals surface area contributed by atoms with Crippen LogP contribution in [0.1, 0.15) is 43.2 Å². The van der Waals surface area contributed by atoms with E-state index in [1.165, 1.54) is 0 Å². The molecule has 4 nitrogen and oxygen atoms in total. The number of carbonyl (C=O) groups is 1. The number of carboxylic acid groups (broad SMARTS) is 1. The van der Waals surface area contributed by atoms with Crippen molar-refractivity contribution < 1.29 is 14.3 Å². The lowest BCUT2D eigenvalue weighted by atomic mass is 9.82. The van der Waals surface area contributed by atoms with Crippen LogP contribution in [0.15, 0.2) is 10.7 Å². The van der Waals surface area contributed by atoms with Crippen molar-refractivity contribution in [1.82, 2.24) is 4.98 Å². The molecule has 0 aliphatic heterocycles. The summed E-state index contributed by atoms with van der Waals surface area (Å²) >= 11 is 0. The van der Waals surface area contributed by atoms with Gasteiger partial charge < -0.3 is 9.52 Å². The van der Waals surface area contributed by atoms with Crippen LogP contribution in [0.5, 0.6) is 0 Å². The van der Waals surface area contributed by atoms with Gasteiger partial charge in [-0.05, 0) is 32.6 Å². The second kappa shape index (κ2) is 4.04. The van der Waals surface area contributed by atoms with E-state index in [1.807, 2.05) is 6.92 Å². The van der Waals surface area contributed by atoms with Crippen LogP contribution in [0.2, 0.25) is 0 Å². The summed E-state index contributed by atoms with van der Waals surface area (Å²) in [6.07, 6.45) is 4.87. The van der Waals surface area contributed by atoms with Crippen molar-refractivity contribution in [2.24, 2.45) is 5.92 Å². The molecular weight excluding hydrogens is 194 g/mol. The number of hydrogen-bond donors (Lipinski definition) is 1. The predicted octanol–water partition coefficient (Wildman–Crippen LogP) is 2.34. The van der Waals surface area contributed by atoms with Gasteiger partial charge in [0.2, 0.25) is 0 Å². The topological polar surface area (TPSA) is 63.3 Å². The van der Waals surface area contributed by atoms with Gasteiger partial charge in [0.15, 0.2) is 5.89 Å². The van der Waals surface area contributed by atoms with Gasteiger partial charge in [0.25, 0.3) is 0 Å². The summed E-state index contributed by atoms with van der Waals surface area (Å²) < 4.78 is 5.34. The summed E-state index contributed by atoms with van der Waals surface area (Å²) in [5.41, 5.74) is 0.894. The standard InChI is InChI=1S/C11H15NO3/c1-7-6-15-10(12-7)8-2-4-9(5-3-8)11(13)14/h6,8-9H,2-5H2,1H3,(H,13,14)/t8-,9-. The molecule has 15 heavy (non-hydrogen) atoms. The van der Waals surface area contributed by atoms with Crippen molar-refractivity contribution in [3.05, 3.63) is 17.8 Å². The molecular formula is C11H15NO3. The Morgan fingerprint density at radius 1 is 1.47 bits per heavy atom. The average molecular weight is 209 g/mol. The molecule has 0 radical (unpaired) electrons. The van der Waals surface area contributed by atoms with E-state index in [1.54, 1.807) is 6.26 Å². The Kier molecular flexibility index (Phi) is 2.75. The largest absolute Gasteiger partial charge is 0.481 e. The number of oxazole rings is 1. The van der Waals surface area contributed by atoms with Crippen LogP contribution in [0, 0.1) is 12.8 Å². The van der Waals surface area contributed by atoms with Crippen LogP contribution in [-0.2, 0) is 4.79 Å². The van der Waals surface area contributed by atoms with Gasteiger partial charge in [-0.2, -0.15) is 0 Å². The van der Waals surface area contributed by atoms with Crippen LogP contribution < -0.4 is 0 Å². The fourth-order valence-electron chi connectivity index (χ4n) is 2.15. The number of hydrogen-bond acceptors (Lipinski definition) is 3. The summed E-state index contributed by atoms with van der Waals surface area (Å²) in [5.74, 6) is 0.250. The summed E-state index contributed by atoms with van der Waals surface area (Å²) in [4.78, 5) is 15.1. The van der Waals surface area contributed by atoms with Gasteiger partial charge in [-0.15, -0.1) is 0 Å². The van der Waals surface area contributed by atoms with E-state index < -0.39 is 5.97 Å². The molecule has 0 atom stereocenters. The van der Waals surface area contributed by atoms with Crippen molar-refractivity contribution in [3.8, 4) is 0 Å². The zero-order valence-electron chi connectivity index (χ0n) is 8.77. The van der Waals surface area contributed by atoms with Gasteiger partial charge in [0, 0.05) is 5.92 Å². The van der Waals surface area contributed by atoms with Crippen LogP contribution >= 0.6 is 0 Å². The third kappa shape index (κ3) is 2.19. The fourth-order valence-corrected chi connectivity index (χ4v) is 2.15. The normalized spacial score (nSPS) is 26.5. The van der Waals surface area contributed by atoms with E-state index in [0.29, 0.717) is 5.92 Å². The molecule has 2 rings (SSSR count). The lowest BCUT2D eigenvalue weighted by Crippen LogP contribution is -2.20. The Bertz CT molecular complexity index is 350. The second-order valence-electron chi connectivity index (χ2n) is 4.21. The molecule has 1 heterocycles. The average Bonchev–Trinajstić information content (AvgIpc) is 2.65. The molecule has 0 amide bonds. The molecule has 1 aromatic heterocycles. The molecule has 0 aromatic carbocycles. The monoisotopic (exact) mass is 209 g/mol. The van der Waals surface area contributed by atoms with Gasteiger partial charge in [-0.25, -0.2) is 4.98 Å². The van der Waals surface area contributed by atoms with Crippen molar-refractivity contribution in [3.63, 3.8) is 0 Å². The van der Waals surface area contributed by atoms with Crippen molar-refractivity contribution in [2.75, 3.05) is 0 Å². The fraction of sp³-hybridized carbons (Fsp3) is 0.636. The van der Waals surface area contributed by atoms with Gasteiger partial charge in [0.05, 0.1) is 11.6 Å². The first kappa shape index (κ1) is 10.2. The van der Waals surface area contributed by atoms with Gasteiger partial charge >= 0.3 is 5.97 Å². The number of aromatic nitrogens is 1. The molecule has 4 heteroatoms. The Morgan fingerprint density at radius 3 is 2.60 bits per heavy atom. The van der Waals surface area contributed by atoms with Gasteiger partial charge in [-0.3, -0.25) is 4.79 Å². The maximum Gasteiger partial charge on any atom is 0.306 e. The van der Waals surface area contributed by atoms with Gasteiger partial charge in [0.1, 0.15) is 6.26 Å². The Morgan fingerprint density at radius 2 is 2.13 bits per heavy atom. The third-order valence-electron chi connectivity index (χ3n) is 3.06. The first-order chi connectivity index (χ1) is 7.16. The summed E-state index contributed by atoms with van der Waals surface area (Å²) in [6, 6.07) is 0. The SMILES string of the molecule is Cc1coc([C@H]2CC[C@H](C(=O)O)CC2)n1. The molecule has 0 bridgehead atoms. The first-order valence-electron chi connectivity index (χ1n) is 5.31. The minimum absolute atomic E-state index is 0.169. The zero-order valence-corrected chi connectivity index (χ0v) is 8.77. The van der Waals surface area contributed by atoms with E-state index in [2.05, 4.69) is 4.98 Å². The highest BCUT2D eigenvalue weighted by Crippen LogP contribution is 2.35. The molecule has 0 spiro atoms. The summed E-state index contributed by atoms with van der Waals surface area (Å²) in [6.45, 7) is 1.90. The Hall–Kier alpha value is -1.32. The van der Waals surface area contributed by atoms with Crippen molar-refractivity contribution in [2.45, 2.75) is 38.5 Å². The molecule has 1 saturated carbocycles. The molecule has 1 fully saturated rings. The van der Waals surface area contributed by atoms with Crippen molar-refractivity contribution >= 4 is 5.97 Å². The summed E-state index contributed by atoms with van der Waals surface area (Å²) in [5, 5.41) is 8.86. The van der Waals surface area contributed by atoms with Crippen LogP contribution in [0.3, 0.4) is 0 Å². The van der Waals surface area contributed by atoms with Gasteiger partial charge in [-0.1, -0.05) is 0 Å². The second-order valence-corrected chi connectivity index (χ2v) is 4.21. The quantitative estimate of drug-likeness (QED) is 0.812. The number of carboxylic acids is 1.